The first-order valence-electron chi connectivity index (χ1n) is 2.37. The predicted molar refractivity (Wildman–Crippen MR) is 36.9 cm³/mol. The Balaban J connectivity index is 3.39. The summed E-state index contributed by atoms with van der Waals surface area (Å²) in [6, 6.07) is 0. The van der Waals surface area contributed by atoms with Crippen LogP contribution in [0.3, 0.4) is 0 Å². The fourth-order valence-electron chi connectivity index (χ4n) is 0.257. The largest absolute Gasteiger partial charge is 0.395 e. The third-order valence-corrected chi connectivity index (χ3v) is 0.967. The minimum absolute atomic E-state index is 0.0379. The summed E-state index contributed by atoms with van der Waals surface area (Å²) in [6.07, 6.45) is 0. The van der Waals surface area contributed by atoms with Crippen molar-refractivity contribution in [3.63, 3.8) is 0 Å². The fraction of sp³-hybridized carbons (Fsp3) is 0.500. The number of amides is 1. The molecule has 4 nitrogen and oxygen atoms in total. The summed E-state index contributed by atoms with van der Waals surface area (Å²) < 4.78 is 0. The summed E-state index contributed by atoms with van der Waals surface area (Å²) in [5.41, 5.74) is 4.75. The molecule has 0 aliphatic rings. The maximum atomic E-state index is 10.1. The van der Waals surface area contributed by atoms with Crippen LogP contribution in [0.4, 0.5) is 0 Å². The molecule has 0 unspecified atom stereocenters. The van der Waals surface area contributed by atoms with E-state index < -0.39 is 5.91 Å². The van der Waals surface area contributed by atoms with E-state index in [1.54, 1.807) is 0 Å². The number of nitrogens with one attached hydrogen (secondary N) is 1. The van der Waals surface area contributed by atoms with Crippen molar-refractivity contribution in [2.45, 2.75) is 0 Å². The van der Waals surface area contributed by atoms with Crippen molar-refractivity contribution in [2.75, 3.05) is 13.2 Å². The van der Waals surface area contributed by atoms with Crippen LogP contribution in [0.25, 0.3) is 0 Å². The van der Waals surface area contributed by atoms with Crippen LogP contribution in [0.1, 0.15) is 0 Å². The number of aliphatic hydroxyl groups excluding tert-OH is 1. The van der Waals surface area contributed by atoms with E-state index in [1.807, 2.05) is 0 Å². The standard InChI is InChI=1S/C4H8N2O2S/c5-3(8)4(9)6-1-2-7/h7H,1-2H2,(H2,5,8)(H,6,9). The summed E-state index contributed by atoms with van der Waals surface area (Å²) in [6.45, 7) is 0.204. The molecule has 5 heteroatoms. The van der Waals surface area contributed by atoms with E-state index >= 15 is 0 Å². The molecule has 0 radical (unpaired) electrons. The summed E-state index contributed by atoms with van der Waals surface area (Å²) in [4.78, 5) is 10.1. The molecule has 4 N–H and O–H groups in total. The molecule has 0 aromatic rings. The van der Waals surface area contributed by atoms with Crippen LogP contribution in [0, 0.1) is 0 Å². The Morgan fingerprint density at radius 3 is 2.67 bits per heavy atom. The molecule has 0 aromatic heterocycles. The smallest absolute Gasteiger partial charge is 0.276 e. The highest BCUT2D eigenvalue weighted by Gasteiger charge is 1.99. The zero-order valence-corrected chi connectivity index (χ0v) is 5.57. The van der Waals surface area contributed by atoms with Gasteiger partial charge in [-0.15, -0.1) is 0 Å². The third-order valence-electron chi connectivity index (χ3n) is 0.621. The highest BCUT2D eigenvalue weighted by atomic mass is 32.1. The Morgan fingerprint density at radius 1 is 1.78 bits per heavy atom. The van der Waals surface area contributed by atoms with Crippen LogP contribution >= 0.6 is 12.2 Å². The molecule has 0 heterocycles. The maximum Gasteiger partial charge on any atom is 0.276 e. The number of thiocarbonyl (C=S) groups is 1. The second-order valence-electron chi connectivity index (χ2n) is 1.34. The van der Waals surface area contributed by atoms with Crippen LogP contribution in [0.2, 0.25) is 0 Å². The molecule has 9 heavy (non-hydrogen) atoms. The average Bonchev–Trinajstić information content (AvgIpc) is 1.82. The Kier molecular flexibility index (Phi) is 3.90. The van der Waals surface area contributed by atoms with E-state index in [9.17, 15) is 4.79 Å². The van der Waals surface area contributed by atoms with Gasteiger partial charge in [-0.05, 0) is 0 Å². The summed E-state index contributed by atoms with van der Waals surface area (Å²) in [5.74, 6) is -0.668. The SMILES string of the molecule is NC(=O)C(=S)NCCO. The summed E-state index contributed by atoms with van der Waals surface area (Å²) in [7, 11) is 0. The van der Waals surface area contributed by atoms with Crippen molar-refractivity contribution in [3.8, 4) is 0 Å². The monoisotopic (exact) mass is 148 g/mol. The Bertz CT molecular complexity index is 126. The van der Waals surface area contributed by atoms with Gasteiger partial charge in [0.2, 0.25) is 0 Å². The minimum atomic E-state index is -0.668. The van der Waals surface area contributed by atoms with Gasteiger partial charge in [0.1, 0.15) is 0 Å². The number of carbonyl (C=O) groups is 1. The van der Waals surface area contributed by atoms with Gasteiger partial charge in [0, 0.05) is 6.54 Å². The number of primary amides is 1. The van der Waals surface area contributed by atoms with Gasteiger partial charge < -0.3 is 16.2 Å². The second kappa shape index (κ2) is 4.22. The second-order valence-corrected chi connectivity index (χ2v) is 1.75. The van der Waals surface area contributed by atoms with E-state index in [2.05, 4.69) is 17.5 Å². The lowest BCUT2D eigenvalue weighted by atomic mass is 10.6. The highest BCUT2D eigenvalue weighted by Crippen LogP contribution is 1.67. The van der Waals surface area contributed by atoms with Crippen molar-refractivity contribution in [2.24, 2.45) is 5.73 Å². The first-order valence-corrected chi connectivity index (χ1v) is 2.77. The number of nitrogens with two attached hydrogens (primary N) is 1. The van der Waals surface area contributed by atoms with Crippen molar-refractivity contribution >= 4 is 23.1 Å². The van der Waals surface area contributed by atoms with Gasteiger partial charge in [0.15, 0.2) is 4.99 Å². The summed E-state index contributed by atoms with van der Waals surface area (Å²) >= 11 is 4.45. The molecule has 0 saturated heterocycles. The number of rotatable bonds is 2. The van der Waals surface area contributed by atoms with Crippen molar-refractivity contribution in [1.82, 2.24) is 5.32 Å². The van der Waals surface area contributed by atoms with E-state index in [4.69, 9.17) is 10.8 Å². The van der Waals surface area contributed by atoms with Gasteiger partial charge in [-0.2, -0.15) is 0 Å². The normalized spacial score (nSPS) is 8.56. The van der Waals surface area contributed by atoms with Gasteiger partial charge in [-0.25, -0.2) is 0 Å². The fourth-order valence-corrected chi connectivity index (χ4v) is 0.359. The Morgan fingerprint density at radius 2 is 2.33 bits per heavy atom. The molecule has 0 aliphatic carbocycles. The molecular weight excluding hydrogens is 140 g/mol. The molecule has 0 saturated carbocycles. The molecule has 0 aromatic carbocycles. The number of aliphatic hydroxyl groups is 1. The number of hydrogen-bond donors (Lipinski definition) is 3. The van der Waals surface area contributed by atoms with Crippen LogP contribution in [-0.2, 0) is 4.79 Å². The first-order chi connectivity index (χ1) is 4.18. The van der Waals surface area contributed by atoms with Crippen LogP contribution < -0.4 is 11.1 Å². The van der Waals surface area contributed by atoms with E-state index in [0.717, 1.165) is 0 Å². The zero-order valence-electron chi connectivity index (χ0n) is 4.76. The van der Waals surface area contributed by atoms with Crippen molar-refractivity contribution in [3.05, 3.63) is 0 Å². The van der Waals surface area contributed by atoms with E-state index in [-0.39, 0.29) is 18.1 Å². The Labute approximate surface area is 58.0 Å². The van der Waals surface area contributed by atoms with E-state index in [1.165, 1.54) is 0 Å². The zero-order chi connectivity index (χ0) is 7.28. The molecule has 1 amide bonds. The quantitative estimate of drug-likeness (QED) is 0.411. The molecule has 0 spiro atoms. The van der Waals surface area contributed by atoms with Gasteiger partial charge in [-0.1, -0.05) is 12.2 Å². The topological polar surface area (TPSA) is 75.4 Å². The maximum absolute atomic E-state index is 10.1. The molecular formula is C4H8N2O2S. The lowest BCUT2D eigenvalue weighted by molar-refractivity contribution is -0.112. The number of carbonyl (C=O) groups excluding carboxylic acids is 1. The van der Waals surface area contributed by atoms with Crippen LogP contribution in [0.15, 0.2) is 0 Å². The lowest BCUT2D eigenvalue weighted by Gasteiger charge is -1.99. The first kappa shape index (κ1) is 8.32. The van der Waals surface area contributed by atoms with Crippen LogP contribution in [0.5, 0.6) is 0 Å². The molecule has 52 valence electrons. The van der Waals surface area contributed by atoms with E-state index in [0.29, 0.717) is 0 Å². The van der Waals surface area contributed by atoms with Crippen molar-refractivity contribution < 1.29 is 9.90 Å². The van der Waals surface area contributed by atoms with Gasteiger partial charge >= 0.3 is 0 Å². The molecule has 0 bridgehead atoms. The van der Waals surface area contributed by atoms with Gasteiger partial charge in [0.05, 0.1) is 6.61 Å². The average molecular weight is 148 g/mol. The predicted octanol–water partition coefficient (Wildman–Crippen LogP) is -1.62. The van der Waals surface area contributed by atoms with Gasteiger partial charge in [0.25, 0.3) is 5.91 Å². The molecule has 0 atom stereocenters. The molecule has 0 fully saturated rings. The minimum Gasteiger partial charge on any atom is -0.395 e. The van der Waals surface area contributed by atoms with Gasteiger partial charge in [-0.3, -0.25) is 4.79 Å². The molecule has 0 aliphatic heterocycles. The summed E-state index contributed by atoms with van der Waals surface area (Å²) in [5, 5.41) is 10.7. The molecule has 0 rings (SSSR count). The Hall–Kier alpha value is -0.680. The lowest BCUT2D eigenvalue weighted by Crippen LogP contribution is -2.35. The van der Waals surface area contributed by atoms with Crippen molar-refractivity contribution in [1.29, 1.82) is 0 Å². The van der Waals surface area contributed by atoms with Crippen LogP contribution in [-0.4, -0.2) is 29.2 Å². The third kappa shape index (κ3) is 3.87. The highest BCUT2D eigenvalue weighted by molar-refractivity contribution is 7.82. The number of hydrogen-bond acceptors (Lipinski definition) is 3.